The number of ether oxygens (including phenoxy) is 3. The largest absolute Gasteiger partial charge is 0.379 e. The fourth-order valence-corrected chi connectivity index (χ4v) is 2.08. The first-order valence-corrected chi connectivity index (χ1v) is 7.23. The van der Waals surface area contributed by atoms with Crippen LogP contribution in [0.4, 0.5) is 0 Å². The molecule has 1 rings (SSSR count). The minimum atomic E-state index is -0.726. The Morgan fingerprint density at radius 1 is 1.11 bits per heavy atom. The SMILES string of the molecule is CCCCOC[C@H]1OC(O)[C@H](C)[C@@H]1OCCCC. The van der Waals surface area contributed by atoms with Gasteiger partial charge in [-0.05, 0) is 12.8 Å². The Hall–Kier alpha value is -0.160. The second kappa shape index (κ2) is 8.86. The van der Waals surface area contributed by atoms with E-state index in [1.54, 1.807) is 0 Å². The first-order valence-electron chi connectivity index (χ1n) is 7.23. The summed E-state index contributed by atoms with van der Waals surface area (Å²) in [5.41, 5.74) is 0. The van der Waals surface area contributed by atoms with E-state index in [9.17, 15) is 5.11 Å². The van der Waals surface area contributed by atoms with Gasteiger partial charge in [-0.25, -0.2) is 0 Å². The Kier molecular flexibility index (Phi) is 7.82. The molecule has 0 aromatic rings. The lowest BCUT2D eigenvalue weighted by Gasteiger charge is -2.21. The number of hydrogen-bond acceptors (Lipinski definition) is 4. The highest BCUT2D eigenvalue weighted by molar-refractivity contribution is 4.85. The molecule has 1 saturated heterocycles. The van der Waals surface area contributed by atoms with Crippen molar-refractivity contribution < 1.29 is 19.3 Å². The average Bonchev–Trinajstić information content (AvgIpc) is 2.63. The summed E-state index contributed by atoms with van der Waals surface area (Å²) < 4.78 is 16.9. The third-order valence-corrected chi connectivity index (χ3v) is 3.38. The molecule has 0 spiro atoms. The van der Waals surface area contributed by atoms with Crippen molar-refractivity contribution in [2.24, 2.45) is 5.92 Å². The molecule has 0 radical (unpaired) electrons. The smallest absolute Gasteiger partial charge is 0.160 e. The van der Waals surface area contributed by atoms with Gasteiger partial charge in [0.05, 0.1) is 12.7 Å². The van der Waals surface area contributed by atoms with Crippen LogP contribution in [0.2, 0.25) is 0 Å². The lowest BCUT2D eigenvalue weighted by Crippen LogP contribution is -2.33. The molecule has 1 N–H and O–H groups in total. The van der Waals surface area contributed by atoms with Gasteiger partial charge in [0.2, 0.25) is 0 Å². The summed E-state index contributed by atoms with van der Waals surface area (Å²) >= 11 is 0. The quantitative estimate of drug-likeness (QED) is 0.646. The van der Waals surface area contributed by atoms with Crippen LogP contribution in [0.15, 0.2) is 0 Å². The molecule has 0 aromatic heterocycles. The van der Waals surface area contributed by atoms with E-state index in [4.69, 9.17) is 14.2 Å². The van der Waals surface area contributed by atoms with Gasteiger partial charge >= 0.3 is 0 Å². The van der Waals surface area contributed by atoms with E-state index in [-0.39, 0.29) is 18.1 Å². The molecule has 0 aromatic carbocycles. The van der Waals surface area contributed by atoms with Gasteiger partial charge in [-0.1, -0.05) is 33.6 Å². The molecule has 1 unspecified atom stereocenters. The van der Waals surface area contributed by atoms with Crippen LogP contribution in [0.3, 0.4) is 0 Å². The van der Waals surface area contributed by atoms with Crippen LogP contribution in [0, 0.1) is 5.92 Å². The van der Waals surface area contributed by atoms with Gasteiger partial charge in [0.15, 0.2) is 6.29 Å². The summed E-state index contributed by atoms with van der Waals surface area (Å²) in [6.07, 6.45) is 3.44. The minimum Gasteiger partial charge on any atom is -0.379 e. The highest BCUT2D eigenvalue weighted by atomic mass is 16.6. The van der Waals surface area contributed by atoms with Crippen molar-refractivity contribution in [2.45, 2.75) is 65.0 Å². The first kappa shape index (κ1) is 15.9. The topological polar surface area (TPSA) is 47.9 Å². The Balaban J connectivity index is 2.32. The monoisotopic (exact) mass is 260 g/mol. The Bertz CT molecular complexity index is 210. The number of unbranched alkanes of at least 4 members (excludes halogenated alkanes) is 2. The zero-order chi connectivity index (χ0) is 13.4. The molecule has 0 saturated carbocycles. The predicted molar refractivity (Wildman–Crippen MR) is 70.4 cm³/mol. The summed E-state index contributed by atoms with van der Waals surface area (Å²) in [6, 6.07) is 0. The zero-order valence-corrected chi connectivity index (χ0v) is 11.9. The third-order valence-electron chi connectivity index (χ3n) is 3.38. The molecule has 0 amide bonds. The van der Waals surface area contributed by atoms with E-state index < -0.39 is 6.29 Å². The molecular weight excluding hydrogens is 232 g/mol. The Morgan fingerprint density at radius 3 is 2.44 bits per heavy atom. The molecule has 18 heavy (non-hydrogen) atoms. The van der Waals surface area contributed by atoms with Crippen molar-refractivity contribution in [1.29, 1.82) is 0 Å². The number of hydrogen-bond donors (Lipinski definition) is 1. The van der Waals surface area contributed by atoms with Gasteiger partial charge < -0.3 is 19.3 Å². The lowest BCUT2D eigenvalue weighted by atomic mass is 10.0. The van der Waals surface area contributed by atoms with Crippen molar-refractivity contribution in [2.75, 3.05) is 19.8 Å². The highest BCUT2D eigenvalue weighted by Gasteiger charge is 2.41. The van der Waals surface area contributed by atoms with E-state index in [0.717, 1.165) is 38.9 Å². The maximum Gasteiger partial charge on any atom is 0.160 e. The van der Waals surface area contributed by atoms with Crippen LogP contribution in [0.25, 0.3) is 0 Å². The molecular formula is C14H28O4. The molecule has 4 atom stereocenters. The summed E-state index contributed by atoms with van der Waals surface area (Å²) in [4.78, 5) is 0. The molecule has 4 heteroatoms. The van der Waals surface area contributed by atoms with Crippen LogP contribution in [-0.2, 0) is 14.2 Å². The fourth-order valence-electron chi connectivity index (χ4n) is 2.08. The van der Waals surface area contributed by atoms with Crippen molar-refractivity contribution in [3.8, 4) is 0 Å². The van der Waals surface area contributed by atoms with E-state index in [1.165, 1.54) is 0 Å². The lowest BCUT2D eigenvalue weighted by molar-refractivity contribution is -0.125. The second-order valence-corrected chi connectivity index (χ2v) is 5.04. The van der Waals surface area contributed by atoms with Crippen LogP contribution < -0.4 is 0 Å². The van der Waals surface area contributed by atoms with E-state index in [2.05, 4.69) is 13.8 Å². The second-order valence-electron chi connectivity index (χ2n) is 5.04. The maximum absolute atomic E-state index is 9.74. The van der Waals surface area contributed by atoms with Gasteiger partial charge in [-0.2, -0.15) is 0 Å². The zero-order valence-electron chi connectivity index (χ0n) is 11.9. The molecule has 1 aliphatic heterocycles. The van der Waals surface area contributed by atoms with Gasteiger partial charge in [-0.15, -0.1) is 0 Å². The fraction of sp³-hybridized carbons (Fsp3) is 1.00. The maximum atomic E-state index is 9.74. The van der Waals surface area contributed by atoms with Crippen LogP contribution in [0.1, 0.15) is 46.5 Å². The summed E-state index contributed by atoms with van der Waals surface area (Å²) in [5, 5.41) is 9.74. The predicted octanol–water partition coefficient (Wildman–Crippen LogP) is 2.34. The van der Waals surface area contributed by atoms with Crippen LogP contribution in [-0.4, -0.2) is 43.4 Å². The first-order chi connectivity index (χ1) is 8.70. The van der Waals surface area contributed by atoms with E-state index in [0.29, 0.717) is 6.61 Å². The van der Waals surface area contributed by atoms with E-state index >= 15 is 0 Å². The summed E-state index contributed by atoms with van der Waals surface area (Å²) in [7, 11) is 0. The summed E-state index contributed by atoms with van der Waals surface area (Å²) in [5.74, 6) is 0.0154. The standard InChI is InChI=1S/C14H28O4/c1-4-6-8-16-10-12-13(17-9-7-5-2)11(3)14(15)18-12/h11-15H,4-10H2,1-3H3/t11-,12-,13+,14?/m1/s1. The molecule has 1 heterocycles. The van der Waals surface area contributed by atoms with Gasteiger partial charge in [-0.3, -0.25) is 0 Å². The number of rotatable bonds is 9. The third kappa shape index (κ3) is 4.84. The van der Waals surface area contributed by atoms with Crippen LogP contribution in [0.5, 0.6) is 0 Å². The highest BCUT2D eigenvalue weighted by Crippen LogP contribution is 2.28. The molecule has 1 aliphatic rings. The van der Waals surface area contributed by atoms with E-state index in [1.807, 2.05) is 6.92 Å². The molecule has 1 fully saturated rings. The van der Waals surface area contributed by atoms with Crippen molar-refractivity contribution in [1.82, 2.24) is 0 Å². The molecule has 4 nitrogen and oxygen atoms in total. The van der Waals surface area contributed by atoms with Gasteiger partial charge in [0, 0.05) is 19.1 Å². The number of aliphatic hydroxyl groups is 1. The summed E-state index contributed by atoms with van der Waals surface area (Å²) in [6.45, 7) is 8.23. The Labute approximate surface area is 111 Å². The molecule has 0 aliphatic carbocycles. The number of aliphatic hydroxyl groups excluding tert-OH is 1. The Morgan fingerprint density at radius 2 is 1.78 bits per heavy atom. The average molecular weight is 260 g/mol. The van der Waals surface area contributed by atoms with Gasteiger partial charge in [0.25, 0.3) is 0 Å². The van der Waals surface area contributed by atoms with Crippen molar-refractivity contribution >= 4 is 0 Å². The van der Waals surface area contributed by atoms with Crippen molar-refractivity contribution in [3.63, 3.8) is 0 Å². The normalized spacial score (nSPS) is 32.0. The minimum absolute atomic E-state index is 0.0154. The van der Waals surface area contributed by atoms with Gasteiger partial charge in [0.1, 0.15) is 6.10 Å². The van der Waals surface area contributed by atoms with Crippen molar-refractivity contribution in [3.05, 3.63) is 0 Å². The molecule has 0 bridgehead atoms. The van der Waals surface area contributed by atoms with Crippen LogP contribution >= 0.6 is 0 Å². The molecule has 108 valence electrons.